The Bertz CT molecular complexity index is 259. The van der Waals surface area contributed by atoms with E-state index >= 15 is 0 Å². The highest BCUT2D eigenvalue weighted by molar-refractivity contribution is 5.39. The Kier molecular flexibility index (Phi) is 2.99. The minimum atomic E-state index is 0.606. The van der Waals surface area contributed by atoms with Crippen molar-refractivity contribution in [2.75, 3.05) is 18.4 Å². The number of aryl methyl sites for hydroxylation is 2. The van der Waals surface area contributed by atoms with Crippen molar-refractivity contribution in [1.82, 2.24) is 9.97 Å². The lowest BCUT2D eigenvalue weighted by Crippen LogP contribution is -2.15. The fraction of sp³-hybridized carbons (Fsp3) is 0.500. The van der Waals surface area contributed by atoms with E-state index in [1.54, 1.807) is 6.20 Å². The lowest BCUT2D eigenvalue weighted by Gasteiger charge is -2.06. The van der Waals surface area contributed by atoms with Gasteiger partial charge in [-0.05, 0) is 13.8 Å². The fourth-order valence-electron chi connectivity index (χ4n) is 0.896. The molecule has 0 saturated carbocycles. The van der Waals surface area contributed by atoms with Crippen LogP contribution in [0.2, 0.25) is 0 Å². The van der Waals surface area contributed by atoms with E-state index in [4.69, 9.17) is 5.73 Å². The van der Waals surface area contributed by atoms with Crippen LogP contribution >= 0.6 is 0 Å². The number of hydrogen-bond acceptors (Lipinski definition) is 4. The van der Waals surface area contributed by atoms with Crippen LogP contribution in [0.25, 0.3) is 0 Å². The summed E-state index contributed by atoms with van der Waals surface area (Å²) in [4.78, 5) is 8.45. The van der Waals surface area contributed by atoms with Gasteiger partial charge in [-0.2, -0.15) is 0 Å². The summed E-state index contributed by atoms with van der Waals surface area (Å²) in [6.45, 7) is 5.18. The first-order valence-corrected chi connectivity index (χ1v) is 3.98. The van der Waals surface area contributed by atoms with E-state index in [9.17, 15) is 0 Å². The molecule has 3 N–H and O–H groups in total. The summed E-state index contributed by atoms with van der Waals surface area (Å²) in [7, 11) is 0. The average Bonchev–Trinajstić information content (AvgIpc) is 2.07. The number of aromatic nitrogens is 2. The molecule has 0 amide bonds. The first-order chi connectivity index (χ1) is 5.74. The van der Waals surface area contributed by atoms with Crippen LogP contribution in [0, 0.1) is 13.8 Å². The van der Waals surface area contributed by atoms with Gasteiger partial charge in [-0.1, -0.05) is 0 Å². The molecule has 1 heterocycles. The Morgan fingerprint density at radius 2 is 2.25 bits per heavy atom. The smallest absolute Gasteiger partial charge is 0.147 e. The van der Waals surface area contributed by atoms with E-state index in [1.807, 2.05) is 13.8 Å². The minimum Gasteiger partial charge on any atom is -0.367 e. The van der Waals surface area contributed by atoms with Crippen LogP contribution in [0.15, 0.2) is 6.20 Å². The second-order valence-electron chi connectivity index (χ2n) is 2.66. The summed E-state index contributed by atoms with van der Waals surface area (Å²) >= 11 is 0. The maximum Gasteiger partial charge on any atom is 0.147 e. The van der Waals surface area contributed by atoms with Crippen LogP contribution in [0.3, 0.4) is 0 Å². The van der Waals surface area contributed by atoms with Crippen LogP contribution < -0.4 is 11.1 Å². The summed E-state index contributed by atoms with van der Waals surface area (Å²) in [5, 5.41) is 3.10. The molecule has 0 bridgehead atoms. The van der Waals surface area contributed by atoms with Gasteiger partial charge in [0.1, 0.15) is 5.82 Å². The van der Waals surface area contributed by atoms with Crippen molar-refractivity contribution in [3.63, 3.8) is 0 Å². The standard InChI is InChI=1S/C8H14N4/c1-6-5-11-7(2)8(12-6)10-4-3-9/h5H,3-4,9H2,1-2H3,(H,10,12). The second-order valence-corrected chi connectivity index (χ2v) is 2.66. The Balaban J connectivity index is 2.75. The molecule has 0 fully saturated rings. The zero-order valence-corrected chi connectivity index (χ0v) is 7.46. The molecule has 0 radical (unpaired) electrons. The summed E-state index contributed by atoms with van der Waals surface area (Å²) in [5.74, 6) is 0.834. The molecule has 1 aromatic heterocycles. The summed E-state index contributed by atoms with van der Waals surface area (Å²) in [5.41, 5.74) is 7.18. The van der Waals surface area contributed by atoms with Crippen molar-refractivity contribution in [3.8, 4) is 0 Å². The molecule has 0 aliphatic rings. The van der Waals surface area contributed by atoms with Crippen LogP contribution in [-0.4, -0.2) is 23.1 Å². The van der Waals surface area contributed by atoms with Gasteiger partial charge in [-0.3, -0.25) is 4.98 Å². The van der Waals surface area contributed by atoms with Gasteiger partial charge in [0.15, 0.2) is 0 Å². The number of hydrogen-bond donors (Lipinski definition) is 2. The lowest BCUT2D eigenvalue weighted by atomic mass is 10.4. The number of rotatable bonds is 3. The molecule has 0 aliphatic heterocycles. The zero-order chi connectivity index (χ0) is 8.97. The van der Waals surface area contributed by atoms with E-state index in [1.165, 1.54) is 0 Å². The lowest BCUT2D eigenvalue weighted by molar-refractivity contribution is 0.980. The number of nitrogens with two attached hydrogens (primary N) is 1. The van der Waals surface area contributed by atoms with E-state index in [2.05, 4.69) is 15.3 Å². The topological polar surface area (TPSA) is 63.8 Å². The van der Waals surface area contributed by atoms with Gasteiger partial charge in [-0.25, -0.2) is 4.98 Å². The van der Waals surface area contributed by atoms with Gasteiger partial charge in [0.25, 0.3) is 0 Å². The van der Waals surface area contributed by atoms with Gasteiger partial charge >= 0.3 is 0 Å². The quantitative estimate of drug-likeness (QED) is 0.685. The highest BCUT2D eigenvalue weighted by atomic mass is 15.0. The third kappa shape index (κ3) is 2.17. The molecule has 4 heteroatoms. The molecule has 0 spiro atoms. The molecule has 12 heavy (non-hydrogen) atoms. The van der Waals surface area contributed by atoms with E-state index in [-0.39, 0.29) is 0 Å². The molecule has 0 aliphatic carbocycles. The fourth-order valence-corrected chi connectivity index (χ4v) is 0.896. The molecular formula is C8H14N4. The summed E-state index contributed by atoms with van der Waals surface area (Å²) in [6, 6.07) is 0. The molecule has 0 aromatic carbocycles. The maximum atomic E-state index is 5.35. The molecule has 0 atom stereocenters. The Morgan fingerprint density at radius 1 is 1.50 bits per heavy atom. The monoisotopic (exact) mass is 166 g/mol. The first-order valence-electron chi connectivity index (χ1n) is 3.98. The van der Waals surface area contributed by atoms with E-state index in [0.717, 1.165) is 23.8 Å². The van der Waals surface area contributed by atoms with E-state index in [0.29, 0.717) is 6.54 Å². The SMILES string of the molecule is Cc1cnc(C)c(NCCN)n1. The van der Waals surface area contributed by atoms with Gasteiger partial charge in [0.2, 0.25) is 0 Å². The third-order valence-electron chi connectivity index (χ3n) is 1.51. The van der Waals surface area contributed by atoms with Crippen LogP contribution in [0.4, 0.5) is 5.82 Å². The molecular weight excluding hydrogens is 152 g/mol. The Morgan fingerprint density at radius 3 is 2.92 bits per heavy atom. The largest absolute Gasteiger partial charge is 0.367 e. The van der Waals surface area contributed by atoms with Gasteiger partial charge in [0.05, 0.1) is 11.4 Å². The van der Waals surface area contributed by atoms with Crippen molar-refractivity contribution in [2.24, 2.45) is 5.73 Å². The highest BCUT2D eigenvalue weighted by Crippen LogP contribution is 2.07. The van der Waals surface area contributed by atoms with Crippen LogP contribution in [0.1, 0.15) is 11.4 Å². The predicted octanol–water partition coefficient (Wildman–Crippen LogP) is 0.464. The van der Waals surface area contributed by atoms with Crippen molar-refractivity contribution in [1.29, 1.82) is 0 Å². The number of anilines is 1. The van der Waals surface area contributed by atoms with Crippen molar-refractivity contribution in [2.45, 2.75) is 13.8 Å². The summed E-state index contributed by atoms with van der Waals surface area (Å²) < 4.78 is 0. The van der Waals surface area contributed by atoms with Crippen molar-refractivity contribution in [3.05, 3.63) is 17.6 Å². The normalized spacial score (nSPS) is 9.92. The zero-order valence-electron chi connectivity index (χ0n) is 7.46. The minimum absolute atomic E-state index is 0.606. The molecule has 4 nitrogen and oxygen atoms in total. The van der Waals surface area contributed by atoms with Gasteiger partial charge < -0.3 is 11.1 Å². The molecule has 1 rings (SSSR count). The average molecular weight is 166 g/mol. The Hall–Kier alpha value is -1.16. The van der Waals surface area contributed by atoms with Crippen molar-refractivity contribution < 1.29 is 0 Å². The maximum absolute atomic E-state index is 5.35. The number of nitrogens with zero attached hydrogens (tertiary/aromatic N) is 2. The highest BCUT2D eigenvalue weighted by Gasteiger charge is 1.98. The van der Waals surface area contributed by atoms with E-state index < -0.39 is 0 Å². The molecule has 1 aromatic rings. The molecule has 0 unspecified atom stereocenters. The van der Waals surface area contributed by atoms with Gasteiger partial charge in [0, 0.05) is 19.3 Å². The van der Waals surface area contributed by atoms with Crippen LogP contribution in [-0.2, 0) is 0 Å². The first kappa shape index (κ1) is 8.93. The third-order valence-corrected chi connectivity index (χ3v) is 1.51. The molecule has 66 valence electrons. The van der Waals surface area contributed by atoms with Gasteiger partial charge in [-0.15, -0.1) is 0 Å². The predicted molar refractivity (Wildman–Crippen MR) is 49.1 cm³/mol. The van der Waals surface area contributed by atoms with Crippen LogP contribution in [0.5, 0.6) is 0 Å². The summed E-state index contributed by atoms with van der Waals surface area (Å²) in [6.07, 6.45) is 1.75. The molecule has 0 saturated heterocycles. The second kappa shape index (κ2) is 4.01. The van der Waals surface area contributed by atoms with Crippen molar-refractivity contribution >= 4 is 5.82 Å². The number of nitrogens with one attached hydrogen (secondary N) is 1. The Labute approximate surface area is 72.2 Å².